The molecule has 0 aliphatic heterocycles. The molecule has 1 heterocycles. The van der Waals surface area contributed by atoms with Crippen LogP contribution in [0, 0.1) is 18.6 Å². The summed E-state index contributed by atoms with van der Waals surface area (Å²) in [5, 5.41) is 3.22. The third-order valence-corrected chi connectivity index (χ3v) is 3.06. The van der Waals surface area contributed by atoms with Gasteiger partial charge in [0.25, 0.3) is 0 Å². The van der Waals surface area contributed by atoms with Crippen molar-refractivity contribution in [2.45, 2.75) is 26.3 Å². The average Bonchev–Trinajstić information content (AvgIpc) is 2.44. The van der Waals surface area contributed by atoms with Crippen molar-refractivity contribution in [1.29, 1.82) is 0 Å². The average molecular weight is 277 g/mol. The van der Waals surface area contributed by atoms with E-state index in [0.717, 1.165) is 17.5 Å². The second kappa shape index (κ2) is 6.52. The van der Waals surface area contributed by atoms with Crippen LogP contribution in [0.5, 0.6) is 0 Å². The summed E-state index contributed by atoms with van der Waals surface area (Å²) in [6.45, 7) is 4.51. The van der Waals surface area contributed by atoms with Gasteiger partial charge in [-0.3, -0.25) is 9.97 Å². The summed E-state index contributed by atoms with van der Waals surface area (Å²) >= 11 is 0. The Labute approximate surface area is 117 Å². The fourth-order valence-electron chi connectivity index (χ4n) is 2.04. The highest BCUT2D eigenvalue weighted by Gasteiger charge is 2.16. The molecule has 0 bridgehead atoms. The lowest BCUT2D eigenvalue weighted by Gasteiger charge is -2.17. The van der Waals surface area contributed by atoms with E-state index in [-0.39, 0.29) is 6.04 Å². The molecule has 2 aromatic rings. The second-order valence-corrected chi connectivity index (χ2v) is 4.61. The second-order valence-electron chi connectivity index (χ2n) is 4.61. The van der Waals surface area contributed by atoms with E-state index >= 15 is 0 Å². The number of nitrogens with zero attached hydrogens (tertiary/aromatic N) is 2. The number of likely N-dealkylation sites (N-methyl/N-ethyl adjacent to an activating group) is 1. The molecule has 1 aromatic heterocycles. The molecule has 0 spiro atoms. The summed E-state index contributed by atoms with van der Waals surface area (Å²) in [7, 11) is 0. The van der Waals surface area contributed by atoms with E-state index in [4.69, 9.17) is 0 Å². The fraction of sp³-hybridized carbons (Fsp3) is 0.333. The highest BCUT2D eigenvalue weighted by Crippen LogP contribution is 2.20. The van der Waals surface area contributed by atoms with E-state index in [1.54, 1.807) is 18.5 Å². The Hall–Kier alpha value is -1.88. The van der Waals surface area contributed by atoms with Crippen molar-refractivity contribution in [2.24, 2.45) is 0 Å². The number of nitrogens with one attached hydrogen (secondary N) is 1. The predicted octanol–water partition coefficient (Wildman–Crippen LogP) is 2.96. The Morgan fingerprint density at radius 2 is 2.00 bits per heavy atom. The number of aryl methyl sites for hydroxylation is 1. The molecule has 3 nitrogen and oxygen atoms in total. The number of benzene rings is 1. The summed E-state index contributed by atoms with van der Waals surface area (Å²) < 4.78 is 27.0. The first-order valence-electron chi connectivity index (χ1n) is 6.56. The number of hydrogen-bond acceptors (Lipinski definition) is 3. The van der Waals surface area contributed by atoms with E-state index < -0.39 is 11.6 Å². The fourth-order valence-corrected chi connectivity index (χ4v) is 2.04. The summed E-state index contributed by atoms with van der Waals surface area (Å²) in [6, 6.07) is 4.03. The Balaban J connectivity index is 2.25. The monoisotopic (exact) mass is 277 g/mol. The van der Waals surface area contributed by atoms with Gasteiger partial charge in [-0.15, -0.1) is 0 Å². The lowest BCUT2D eigenvalue weighted by Crippen LogP contribution is -2.24. The largest absolute Gasteiger partial charge is 0.309 e. The van der Waals surface area contributed by atoms with Crippen LogP contribution in [0.4, 0.5) is 8.78 Å². The number of rotatable bonds is 5. The van der Waals surface area contributed by atoms with Crippen LogP contribution >= 0.6 is 0 Å². The van der Waals surface area contributed by atoms with Crippen LogP contribution in [0.25, 0.3) is 0 Å². The highest BCUT2D eigenvalue weighted by atomic mass is 19.2. The molecular weight excluding hydrogens is 260 g/mol. The molecule has 1 aromatic carbocycles. The molecule has 1 N–H and O–H groups in total. The first-order chi connectivity index (χ1) is 9.61. The van der Waals surface area contributed by atoms with Crippen LogP contribution in [0.3, 0.4) is 0 Å². The molecule has 0 aliphatic rings. The molecule has 1 atom stereocenters. The lowest BCUT2D eigenvalue weighted by molar-refractivity contribution is 0.477. The smallest absolute Gasteiger partial charge is 0.162 e. The topological polar surface area (TPSA) is 37.8 Å². The van der Waals surface area contributed by atoms with Crippen LogP contribution in [-0.4, -0.2) is 16.5 Å². The van der Waals surface area contributed by atoms with E-state index in [0.29, 0.717) is 18.5 Å². The van der Waals surface area contributed by atoms with E-state index in [9.17, 15) is 8.78 Å². The molecule has 2 rings (SSSR count). The van der Waals surface area contributed by atoms with Gasteiger partial charge in [0.05, 0.1) is 23.6 Å². The minimum Gasteiger partial charge on any atom is -0.309 e. The van der Waals surface area contributed by atoms with Crippen LogP contribution in [0.15, 0.2) is 30.6 Å². The van der Waals surface area contributed by atoms with E-state index in [1.807, 2.05) is 13.8 Å². The van der Waals surface area contributed by atoms with Gasteiger partial charge in [-0.2, -0.15) is 0 Å². The van der Waals surface area contributed by atoms with Crippen LogP contribution in [0.1, 0.15) is 29.9 Å². The predicted molar refractivity (Wildman–Crippen MR) is 73.2 cm³/mol. The van der Waals surface area contributed by atoms with Gasteiger partial charge in [0.15, 0.2) is 11.6 Å². The quantitative estimate of drug-likeness (QED) is 0.913. The van der Waals surface area contributed by atoms with Crippen LogP contribution in [0.2, 0.25) is 0 Å². The summed E-state index contributed by atoms with van der Waals surface area (Å²) in [5.41, 5.74) is 1.88. The summed E-state index contributed by atoms with van der Waals surface area (Å²) in [4.78, 5) is 8.50. The van der Waals surface area contributed by atoms with Gasteiger partial charge in [-0.1, -0.05) is 19.1 Å². The normalized spacial score (nSPS) is 12.4. The summed E-state index contributed by atoms with van der Waals surface area (Å²) in [6.07, 6.45) is 3.66. The highest BCUT2D eigenvalue weighted by molar-refractivity contribution is 5.22. The van der Waals surface area contributed by atoms with Crippen molar-refractivity contribution in [3.63, 3.8) is 0 Å². The maximum Gasteiger partial charge on any atom is 0.162 e. The van der Waals surface area contributed by atoms with Crippen LogP contribution in [-0.2, 0) is 6.42 Å². The zero-order valence-corrected chi connectivity index (χ0v) is 11.5. The molecule has 0 saturated heterocycles. The minimum absolute atomic E-state index is 0.190. The van der Waals surface area contributed by atoms with Gasteiger partial charge < -0.3 is 5.32 Å². The number of hydrogen-bond donors (Lipinski definition) is 1. The van der Waals surface area contributed by atoms with Gasteiger partial charge in [0, 0.05) is 6.20 Å². The van der Waals surface area contributed by atoms with E-state index in [1.165, 1.54) is 6.07 Å². The molecule has 20 heavy (non-hydrogen) atoms. The first-order valence-corrected chi connectivity index (χ1v) is 6.56. The van der Waals surface area contributed by atoms with Gasteiger partial charge in [-0.05, 0) is 31.5 Å². The maximum absolute atomic E-state index is 13.7. The minimum atomic E-state index is -0.826. The van der Waals surface area contributed by atoms with Gasteiger partial charge >= 0.3 is 0 Å². The van der Waals surface area contributed by atoms with Gasteiger partial charge in [-0.25, -0.2) is 8.78 Å². The third kappa shape index (κ3) is 3.36. The van der Waals surface area contributed by atoms with Crippen molar-refractivity contribution < 1.29 is 8.78 Å². The van der Waals surface area contributed by atoms with Crippen molar-refractivity contribution in [3.05, 3.63) is 59.2 Å². The molecule has 106 valence electrons. The third-order valence-electron chi connectivity index (χ3n) is 3.06. The maximum atomic E-state index is 13.7. The Morgan fingerprint density at radius 1 is 1.20 bits per heavy atom. The molecular formula is C15H17F2N3. The molecule has 5 heteroatoms. The van der Waals surface area contributed by atoms with E-state index in [2.05, 4.69) is 15.3 Å². The lowest BCUT2D eigenvalue weighted by atomic mass is 10.0. The number of halogens is 2. The molecule has 1 unspecified atom stereocenters. The van der Waals surface area contributed by atoms with Gasteiger partial charge in [0.2, 0.25) is 0 Å². The molecule has 0 fully saturated rings. The van der Waals surface area contributed by atoms with Crippen molar-refractivity contribution >= 4 is 0 Å². The molecule has 0 saturated carbocycles. The van der Waals surface area contributed by atoms with Crippen LogP contribution < -0.4 is 5.32 Å². The van der Waals surface area contributed by atoms with Crippen molar-refractivity contribution in [3.8, 4) is 0 Å². The van der Waals surface area contributed by atoms with Crippen molar-refractivity contribution in [2.75, 3.05) is 6.54 Å². The summed E-state index contributed by atoms with van der Waals surface area (Å²) in [5.74, 6) is -1.62. The Morgan fingerprint density at radius 3 is 2.65 bits per heavy atom. The van der Waals surface area contributed by atoms with Crippen molar-refractivity contribution in [1.82, 2.24) is 15.3 Å². The SMILES string of the molecule is CCNC(Cc1cccc(F)c1F)c1cnc(C)cn1. The zero-order valence-electron chi connectivity index (χ0n) is 11.5. The van der Waals surface area contributed by atoms with Gasteiger partial charge in [0.1, 0.15) is 0 Å². The first kappa shape index (κ1) is 14.5. The zero-order chi connectivity index (χ0) is 14.5. The Kier molecular flexibility index (Phi) is 4.74. The molecule has 0 aliphatic carbocycles. The molecule has 0 radical (unpaired) electrons. The number of aromatic nitrogens is 2. The Bertz CT molecular complexity index is 570. The molecule has 0 amide bonds. The standard InChI is InChI=1S/C15H17F2N3/c1-3-18-13(14-9-19-10(2)8-20-14)7-11-5-4-6-12(16)15(11)17/h4-6,8-9,13,18H,3,7H2,1-2H3.